The lowest BCUT2D eigenvalue weighted by atomic mass is 9.99. The summed E-state index contributed by atoms with van der Waals surface area (Å²) >= 11 is 0. The van der Waals surface area contributed by atoms with Crippen LogP contribution in [0.2, 0.25) is 0 Å². The maximum absolute atomic E-state index is 9.40. The third kappa shape index (κ3) is 2.49. The fourth-order valence-electron chi connectivity index (χ4n) is 3.16. The molecule has 1 fully saturated rings. The van der Waals surface area contributed by atoms with Gasteiger partial charge in [-0.25, -0.2) is 9.97 Å². The van der Waals surface area contributed by atoms with Gasteiger partial charge in [-0.2, -0.15) is 5.26 Å². The number of hydrogen-bond acceptors (Lipinski definition) is 5. The van der Waals surface area contributed by atoms with Crippen LogP contribution in [-0.2, 0) is 0 Å². The fraction of sp³-hybridized carbons (Fsp3) is 0.353. The standard InChI is InChI=1S/C17H17N5O/c18-8-13-16(23-10-11-3-6-19-7-4-11)15-12-2-1-5-20-17(12)22-14(15)9-21-13/h1-2,5,9,11,19H,3-4,6-7,10H2,(H,20,22). The lowest BCUT2D eigenvalue weighted by Gasteiger charge is -2.23. The van der Waals surface area contributed by atoms with E-state index >= 15 is 0 Å². The molecule has 3 aromatic heterocycles. The van der Waals surface area contributed by atoms with Gasteiger partial charge in [-0.05, 0) is 44.0 Å². The molecule has 0 unspecified atom stereocenters. The van der Waals surface area contributed by atoms with Crippen molar-refractivity contribution in [3.8, 4) is 11.8 Å². The van der Waals surface area contributed by atoms with Gasteiger partial charge in [0.15, 0.2) is 11.4 Å². The molecule has 1 aliphatic rings. The van der Waals surface area contributed by atoms with Crippen LogP contribution in [0.4, 0.5) is 0 Å². The van der Waals surface area contributed by atoms with Crippen LogP contribution >= 0.6 is 0 Å². The highest BCUT2D eigenvalue weighted by Gasteiger charge is 2.19. The molecule has 0 amide bonds. The monoisotopic (exact) mass is 307 g/mol. The van der Waals surface area contributed by atoms with Crippen LogP contribution in [0.1, 0.15) is 18.5 Å². The van der Waals surface area contributed by atoms with Crippen LogP contribution in [0.15, 0.2) is 24.5 Å². The number of nitrogens with one attached hydrogen (secondary N) is 2. The Bertz CT molecular complexity index is 889. The van der Waals surface area contributed by atoms with Gasteiger partial charge in [0, 0.05) is 11.6 Å². The number of rotatable bonds is 3. The predicted molar refractivity (Wildman–Crippen MR) is 87.2 cm³/mol. The van der Waals surface area contributed by atoms with Crippen molar-refractivity contribution < 1.29 is 4.74 Å². The Balaban J connectivity index is 1.77. The molecule has 1 saturated heterocycles. The molecule has 0 spiro atoms. The molecule has 23 heavy (non-hydrogen) atoms. The van der Waals surface area contributed by atoms with E-state index in [1.54, 1.807) is 12.4 Å². The van der Waals surface area contributed by atoms with Crippen molar-refractivity contribution in [2.75, 3.05) is 19.7 Å². The van der Waals surface area contributed by atoms with Crippen LogP contribution in [0.25, 0.3) is 21.9 Å². The normalized spacial score (nSPS) is 15.8. The first-order valence-electron chi connectivity index (χ1n) is 7.86. The summed E-state index contributed by atoms with van der Waals surface area (Å²) in [5.41, 5.74) is 1.96. The highest BCUT2D eigenvalue weighted by atomic mass is 16.5. The quantitative estimate of drug-likeness (QED) is 0.775. The lowest BCUT2D eigenvalue weighted by molar-refractivity contribution is 0.216. The molecule has 6 heteroatoms. The van der Waals surface area contributed by atoms with E-state index in [9.17, 15) is 5.26 Å². The zero-order valence-electron chi connectivity index (χ0n) is 12.7. The van der Waals surface area contributed by atoms with Gasteiger partial charge in [-0.1, -0.05) is 0 Å². The lowest BCUT2D eigenvalue weighted by Crippen LogP contribution is -2.30. The molecule has 6 nitrogen and oxygen atoms in total. The first-order chi connectivity index (χ1) is 11.4. The van der Waals surface area contributed by atoms with Crippen LogP contribution in [0, 0.1) is 17.2 Å². The third-order valence-electron chi connectivity index (χ3n) is 4.39. The number of nitriles is 1. The number of piperidine rings is 1. The molecule has 0 atom stereocenters. The predicted octanol–water partition coefficient (Wildman–Crippen LogP) is 2.36. The third-order valence-corrected chi connectivity index (χ3v) is 4.39. The van der Waals surface area contributed by atoms with Crippen molar-refractivity contribution in [3.63, 3.8) is 0 Å². The van der Waals surface area contributed by atoms with E-state index in [-0.39, 0.29) is 0 Å². The smallest absolute Gasteiger partial charge is 0.183 e. The number of fused-ring (bicyclic) bond motifs is 3. The van der Waals surface area contributed by atoms with Crippen molar-refractivity contribution in [2.24, 2.45) is 5.92 Å². The average molecular weight is 307 g/mol. The van der Waals surface area contributed by atoms with Crippen molar-refractivity contribution in [1.29, 1.82) is 5.26 Å². The van der Waals surface area contributed by atoms with Crippen LogP contribution in [0.5, 0.6) is 5.75 Å². The summed E-state index contributed by atoms with van der Waals surface area (Å²) in [7, 11) is 0. The molecule has 0 aliphatic carbocycles. The fourth-order valence-corrected chi connectivity index (χ4v) is 3.16. The second kappa shape index (κ2) is 5.86. The topological polar surface area (TPSA) is 86.6 Å². The summed E-state index contributed by atoms with van der Waals surface area (Å²) in [6.45, 7) is 2.67. The highest BCUT2D eigenvalue weighted by molar-refractivity contribution is 6.09. The van der Waals surface area contributed by atoms with Crippen molar-refractivity contribution in [3.05, 3.63) is 30.2 Å². The van der Waals surface area contributed by atoms with E-state index < -0.39 is 0 Å². The summed E-state index contributed by atoms with van der Waals surface area (Å²) in [5.74, 6) is 1.09. The van der Waals surface area contributed by atoms with E-state index in [4.69, 9.17) is 4.74 Å². The van der Waals surface area contributed by atoms with E-state index in [0.29, 0.717) is 24.0 Å². The summed E-state index contributed by atoms with van der Waals surface area (Å²) < 4.78 is 6.09. The Morgan fingerprint density at radius 1 is 1.30 bits per heavy atom. The SMILES string of the molecule is N#Cc1ncc2[nH]c3ncccc3c2c1OCC1CCNCC1. The molecule has 0 aromatic carbocycles. The summed E-state index contributed by atoms with van der Waals surface area (Å²) in [4.78, 5) is 11.8. The Labute approximate surface area is 133 Å². The van der Waals surface area contributed by atoms with Gasteiger partial charge in [-0.3, -0.25) is 0 Å². The maximum atomic E-state index is 9.40. The summed E-state index contributed by atoms with van der Waals surface area (Å²) in [6.07, 6.45) is 5.61. The number of pyridine rings is 2. The first-order valence-corrected chi connectivity index (χ1v) is 7.86. The number of H-pyrrole nitrogens is 1. The number of ether oxygens (including phenoxy) is 1. The van der Waals surface area contributed by atoms with E-state index in [2.05, 4.69) is 26.3 Å². The van der Waals surface area contributed by atoms with E-state index in [1.165, 1.54) is 0 Å². The Morgan fingerprint density at radius 2 is 2.17 bits per heavy atom. The summed E-state index contributed by atoms with van der Waals surface area (Å²) in [5, 5.41) is 14.6. The van der Waals surface area contributed by atoms with Gasteiger partial charge < -0.3 is 15.0 Å². The Hall–Kier alpha value is -2.65. The minimum absolute atomic E-state index is 0.330. The molecule has 1 aliphatic heterocycles. The molecule has 2 N–H and O–H groups in total. The molecular formula is C17H17N5O. The van der Waals surface area contributed by atoms with Crippen LogP contribution in [-0.4, -0.2) is 34.6 Å². The highest BCUT2D eigenvalue weighted by Crippen LogP contribution is 2.34. The first kappa shape index (κ1) is 14.0. The molecule has 4 rings (SSSR count). The Morgan fingerprint density at radius 3 is 3.00 bits per heavy atom. The van der Waals surface area contributed by atoms with Gasteiger partial charge >= 0.3 is 0 Å². The molecule has 3 aromatic rings. The molecule has 116 valence electrons. The van der Waals surface area contributed by atoms with Crippen LogP contribution < -0.4 is 10.1 Å². The van der Waals surface area contributed by atoms with Crippen molar-refractivity contribution >= 4 is 21.9 Å². The minimum Gasteiger partial charge on any atom is -0.490 e. The average Bonchev–Trinajstić information content (AvgIpc) is 2.99. The largest absolute Gasteiger partial charge is 0.490 e. The maximum Gasteiger partial charge on any atom is 0.183 e. The van der Waals surface area contributed by atoms with Gasteiger partial charge in [0.1, 0.15) is 11.7 Å². The molecule has 0 radical (unpaired) electrons. The van der Waals surface area contributed by atoms with Gasteiger partial charge in [0.05, 0.1) is 23.7 Å². The number of nitrogens with zero attached hydrogens (tertiary/aromatic N) is 3. The van der Waals surface area contributed by atoms with Gasteiger partial charge in [0.2, 0.25) is 0 Å². The van der Waals surface area contributed by atoms with Gasteiger partial charge in [0.25, 0.3) is 0 Å². The second-order valence-electron chi connectivity index (χ2n) is 5.87. The molecule has 0 saturated carbocycles. The number of hydrogen-bond donors (Lipinski definition) is 2. The zero-order chi connectivity index (χ0) is 15.6. The molecule has 0 bridgehead atoms. The molecule has 4 heterocycles. The van der Waals surface area contributed by atoms with E-state index in [1.807, 2.05) is 12.1 Å². The number of aromatic nitrogens is 3. The van der Waals surface area contributed by atoms with Crippen molar-refractivity contribution in [1.82, 2.24) is 20.3 Å². The summed E-state index contributed by atoms with van der Waals surface area (Å²) in [6, 6.07) is 6.02. The zero-order valence-corrected chi connectivity index (χ0v) is 12.7. The van der Waals surface area contributed by atoms with Crippen molar-refractivity contribution in [2.45, 2.75) is 12.8 Å². The van der Waals surface area contributed by atoms with E-state index in [0.717, 1.165) is 47.9 Å². The molecular weight excluding hydrogens is 290 g/mol. The number of aromatic amines is 1. The minimum atomic E-state index is 0.330. The second-order valence-corrected chi connectivity index (χ2v) is 5.87. The van der Waals surface area contributed by atoms with Crippen LogP contribution in [0.3, 0.4) is 0 Å². The van der Waals surface area contributed by atoms with Gasteiger partial charge in [-0.15, -0.1) is 0 Å². The Kier molecular flexibility index (Phi) is 3.56.